The van der Waals surface area contributed by atoms with E-state index in [1.807, 2.05) is 41.2 Å². The van der Waals surface area contributed by atoms with Crippen LogP contribution in [0.4, 0.5) is 0 Å². The van der Waals surface area contributed by atoms with Crippen LogP contribution in [0.25, 0.3) is 16.9 Å². The Bertz CT molecular complexity index is 1690. The van der Waals surface area contributed by atoms with Crippen molar-refractivity contribution in [1.29, 1.82) is 0 Å². The number of primary amides is 1. The van der Waals surface area contributed by atoms with Crippen LogP contribution in [-0.4, -0.2) is 78.1 Å². The highest BCUT2D eigenvalue weighted by Crippen LogP contribution is 2.53. The molecule has 3 aliphatic rings. The first-order valence-corrected chi connectivity index (χ1v) is 13.1. The summed E-state index contributed by atoms with van der Waals surface area (Å²) in [7, 11) is 3.18. The topological polar surface area (TPSA) is 179 Å². The van der Waals surface area contributed by atoms with Crippen LogP contribution in [-0.2, 0) is 16.0 Å². The van der Waals surface area contributed by atoms with Crippen LogP contribution < -0.4 is 5.73 Å². The normalized spacial score (nSPS) is 25.7. The van der Waals surface area contributed by atoms with Crippen LogP contribution in [0.5, 0.6) is 5.75 Å². The number of Topliss-reactive ketones (excluding diaryl/α,β-unsaturated/α-hetero) is 2. The van der Waals surface area contributed by atoms with Crippen molar-refractivity contribution in [3.63, 3.8) is 0 Å². The highest BCUT2D eigenvalue weighted by atomic mass is 16.3. The van der Waals surface area contributed by atoms with Gasteiger partial charge >= 0.3 is 0 Å². The number of carbonyl (C=O) groups excluding carboxylic acids is 3. The van der Waals surface area contributed by atoms with E-state index in [0.717, 1.165) is 0 Å². The summed E-state index contributed by atoms with van der Waals surface area (Å²) < 4.78 is 1.85. The number of rotatable bonds is 4. The summed E-state index contributed by atoms with van der Waals surface area (Å²) in [6.45, 7) is 0. The third-order valence-corrected chi connectivity index (χ3v) is 8.53. The highest BCUT2D eigenvalue weighted by Gasteiger charge is 2.63. The number of aromatic nitrogens is 2. The SMILES string of the molecule is CN(C)[C@@H]1C(O)=C(C(N)=O)C(=O)[C@]2(O)C(O)=C3C(=O)c4c(O)ccc(-c5ccc(-n6cccc6)nc5)c4C[C@H]3C[C@@H]12. The van der Waals surface area contributed by atoms with Crippen LogP contribution >= 0.6 is 0 Å². The van der Waals surface area contributed by atoms with Crippen LogP contribution in [0, 0.1) is 11.8 Å². The molecule has 6 N–H and O–H groups in total. The standard InChI is InChI=1S/C30H28N4O7/c1-33(2)24-18-12-15-11-17-16(14-5-8-20(32-13-14)34-9-3-4-10-34)6-7-19(35)22(17)25(36)21(15)27(38)30(18,41)28(39)23(26(24)37)29(31)40/h3-10,13,15,18,24,35,37-38,41H,11-12H2,1-2H3,(H2,31,40)/t15-,18-,24-,30+/m0/s1. The lowest BCUT2D eigenvalue weighted by Gasteiger charge is -2.50. The fourth-order valence-corrected chi connectivity index (χ4v) is 6.71. The smallest absolute Gasteiger partial charge is 0.255 e. The summed E-state index contributed by atoms with van der Waals surface area (Å²) in [4.78, 5) is 45.5. The molecule has 0 fully saturated rings. The number of pyridine rings is 1. The Labute approximate surface area is 234 Å². The van der Waals surface area contributed by atoms with Crippen molar-refractivity contribution in [2.24, 2.45) is 17.6 Å². The second kappa shape index (κ2) is 9.15. The summed E-state index contributed by atoms with van der Waals surface area (Å²) >= 11 is 0. The van der Waals surface area contributed by atoms with Gasteiger partial charge in [0.25, 0.3) is 5.91 Å². The molecule has 210 valence electrons. The van der Waals surface area contributed by atoms with Crippen molar-refractivity contribution in [2.45, 2.75) is 24.5 Å². The lowest BCUT2D eigenvalue weighted by atomic mass is 9.58. The van der Waals surface area contributed by atoms with Crippen molar-refractivity contribution in [3.8, 4) is 22.7 Å². The van der Waals surface area contributed by atoms with Gasteiger partial charge < -0.3 is 30.7 Å². The molecular formula is C30H28N4O7. The number of nitrogens with zero attached hydrogens (tertiary/aromatic N) is 3. The molecule has 0 aliphatic heterocycles. The zero-order valence-corrected chi connectivity index (χ0v) is 22.3. The number of fused-ring (bicyclic) bond motifs is 3. The van der Waals surface area contributed by atoms with Gasteiger partial charge in [-0.15, -0.1) is 0 Å². The largest absolute Gasteiger partial charge is 0.510 e. The van der Waals surface area contributed by atoms with E-state index in [1.165, 1.54) is 11.0 Å². The summed E-state index contributed by atoms with van der Waals surface area (Å²) in [5.74, 6) is -6.10. The third kappa shape index (κ3) is 3.66. The number of ketones is 2. The van der Waals surface area contributed by atoms with E-state index in [0.29, 0.717) is 22.5 Å². The van der Waals surface area contributed by atoms with Gasteiger partial charge in [0.15, 0.2) is 11.4 Å². The third-order valence-electron chi connectivity index (χ3n) is 8.53. The molecule has 6 rings (SSSR count). The number of aromatic hydroxyl groups is 1. The van der Waals surface area contributed by atoms with Crippen LogP contribution in [0.3, 0.4) is 0 Å². The van der Waals surface area contributed by atoms with E-state index in [-0.39, 0.29) is 29.7 Å². The van der Waals surface area contributed by atoms with E-state index in [4.69, 9.17) is 5.73 Å². The van der Waals surface area contributed by atoms with E-state index in [1.54, 1.807) is 26.4 Å². The fraction of sp³-hybridized carbons (Fsp3) is 0.267. The summed E-state index contributed by atoms with van der Waals surface area (Å²) in [5, 5.41) is 44.8. The maximum absolute atomic E-state index is 13.9. The molecule has 3 aromatic rings. The number of phenolic OH excluding ortho intramolecular Hbond substituents is 1. The number of aliphatic hydroxyl groups is 3. The molecule has 0 radical (unpaired) electrons. The number of carbonyl (C=O) groups is 3. The summed E-state index contributed by atoms with van der Waals surface area (Å²) in [6.07, 6.45) is 5.61. The minimum Gasteiger partial charge on any atom is -0.510 e. The lowest BCUT2D eigenvalue weighted by Crippen LogP contribution is -2.63. The molecule has 41 heavy (non-hydrogen) atoms. The Balaban J connectivity index is 1.49. The highest BCUT2D eigenvalue weighted by molar-refractivity contribution is 6.24. The first-order valence-electron chi connectivity index (χ1n) is 13.1. The molecule has 1 aromatic carbocycles. The number of phenols is 1. The summed E-state index contributed by atoms with van der Waals surface area (Å²) in [6, 6.07) is 9.49. The first-order chi connectivity index (χ1) is 19.5. The molecule has 11 nitrogen and oxygen atoms in total. The van der Waals surface area contributed by atoms with Crippen molar-refractivity contribution in [2.75, 3.05) is 14.1 Å². The monoisotopic (exact) mass is 556 g/mol. The van der Waals surface area contributed by atoms with Crippen LogP contribution in [0.1, 0.15) is 22.3 Å². The Kier molecular flexibility index (Phi) is 5.91. The molecule has 0 unspecified atom stereocenters. The van der Waals surface area contributed by atoms with Gasteiger partial charge in [0.05, 0.1) is 11.6 Å². The van der Waals surface area contributed by atoms with Gasteiger partial charge in [0, 0.05) is 35.6 Å². The molecule has 0 saturated carbocycles. The van der Waals surface area contributed by atoms with Gasteiger partial charge in [0.2, 0.25) is 5.78 Å². The number of likely N-dealkylation sites (N-methyl/N-ethyl adjacent to an activating group) is 1. The number of hydrogen-bond donors (Lipinski definition) is 5. The quantitative estimate of drug-likeness (QED) is 0.300. The molecule has 0 saturated heterocycles. The predicted octanol–water partition coefficient (Wildman–Crippen LogP) is 1.97. The number of hydrogen-bond acceptors (Lipinski definition) is 9. The van der Waals surface area contributed by atoms with Gasteiger partial charge in [-0.05, 0) is 74.3 Å². The molecule has 11 heteroatoms. The molecule has 0 spiro atoms. The Morgan fingerprint density at radius 2 is 1.80 bits per heavy atom. The van der Waals surface area contributed by atoms with Crippen LogP contribution in [0.2, 0.25) is 0 Å². The maximum atomic E-state index is 13.9. The van der Waals surface area contributed by atoms with Crippen molar-refractivity contribution < 1.29 is 34.8 Å². The van der Waals surface area contributed by atoms with Crippen LogP contribution in [0.15, 0.2) is 77.7 Å². The molecule has 3 aliphatic carbocycles. The summed E-state index contributed by atoms with van der Waals surface area (Å²) in [5.41, 5.74) is 3.55. The number of amides is 1. The number of aliphatic hydroxyl groups excluding tert-OH is 2. The lowest BCUT2D eigenvalue weighted by molar-refractivity contribution is -0.148. The zero-order valence-electron chi connectivity index (χ0n) is 22.3. The number of nitrogens with two attached hydrogens (primary N) is 1. The second-order valence-corrected chi connectivity index (χ2v) is 10.9. The molecule has 1 amide bonds. The zero-order chi connectivity index (χ0) is 29.4. The molecule has 0 bridgehead atoms. The first kappa shape index (κ1) is 26.5. The number of benzene rings is 1. The number of allylic oxidation sites excluding steroid dienone is 1. The van der Waals surface area contributed by atoms with E-state index < -0.39 is 58.0 Å². The Morgan fingerprint density at radius 3 is 2.41 bits per heavy atom. The fourth-order valence-electron chi connectivity index (χ4n) is 6.71. The minimum atomic E-state index is -2.67. The molecule has 2 aromatic heterocycles. The maximum Gasteiger partial charge on any atom is 0.255 e. The van der Waals surface area contributed by atoms with Gasteiger partial charge in [-0.25, -0.2) is 4.98 Å². The van der Waals surface area contributed by atoms with Gasteiger partial charge in [-0.2, -0.15) is 0 Å². The van der Waals surface area contributed by atoms with E-state index in [2.05, 4.69) is 4.98 Å². The second-order valence-electron chi connectivity index (χ2n) is 10.9. The minimum absolute atomic E-state index is 0.0195. The van der Waals surface area contributed by atoms with Crippen molar-refractivity contribution in [3.05, 3.63) is 88.8 Å². The molecule has 4 atom stereocenters. The average molecular weight is 557 g/mol. The average Bonchev–Trinajstić information content (AvgIpc) is 3.46. The van der Waals surface area contributed by atoms with Crippen molar-refractivity contribution >= 4 is 17.5 Å². The van der Waals surface area contributed by atoms with Crippen molar-refractivity contribution in [1.82, 2.24) is 14.5 Å². The predicted molar refractivity (Wildman–Crippen MR) is 146 cm³/mol. The van der Waals surface area contributed by atoms with Gasteiger partial charge in [-0.1, -0.05) is 6.07 Å². The Morgan fingerprint density at radius 1 is 1.10 bits per heavy atom. The molecule has 2 heterocycles. The van der Waals surface area contributed by atoms with E-state index >= 15 is 0 Å². The molecular weight excluding hydrogens is 528 g/mol. The van der Waals surface area contributed by atoms with Gasteiger partial charge in [0.1, 0.15) is 28.7 Å². The van der Waals surface area contributed by atoms with E-state index in [9.17, 15) is 34.8 Å². The Hall–Kier alpha value is -4.74. The van der Waals surface area contributed by atoms with Gasteiger partial charge in [-0.3, -0.25) is 19.3 Å².